The van der Waals surface area contributed by atoms with Crippen molar-refractivity contribution >= 4 is 40.0 Å². The Morgan fingerprint density at radius 2 is 2.00 bits per heavy atom. The Labute approximate surface area is 355 Å². The molecule has 318 valence electrons. The zero-order valence-electron chi connectivity index (χ0n) is 35.7. The number of amides is 2. The summed E-state index contributed by atoms with van der Waals surface area (Å²) in [5.74, 6) is -1.47. The van der Waals surface area contributed by atoms with Crippen LogP contribution in [0.25, 0.3) is 33.4 Å². The number of benzene rings is 1. The number of fused-ring (bicyclic) bond motifs is 6. The summed E-state index contributed by atoms with van der Waals surface area (Å²) in [4.78, 5) is 57.3. The third-order valence-corrected chi connectivity index (χ3v) is 13.2. The lowest BCUT2D eigenvalue weighted by Crippen LogP contribution is -2.61. The van der Waals surface area contributed by atoms with Gasteiger partial charge in [-0.3, -0.25) is 24.4 Å². The van der Waals surface area contributed by atoms with Crippen molar-refractivity contribution in [1.29, 1.82) is 0 Å². The second-order valence-corrected chi connectivity index (χ2v) is 18.1. The highest BCUT2D eigenvalue weighted by Gasteiger charge is 2.55. The largest absolute Gasteiger partial charge is 0.464 e. The average molecular weight is 837 g/mol. The molecular formula is C45H56N8O6S. The summed E-state index contributed by atoms with van der Waals surface area (Å²) in [6.07, 6.45) is 5.98. The minimum Gasteiger partial charge on any atom is -0.464 e. The molecule has 7 atom stereocenters. The van der Waals surface area contributed by atoms with Gasteiger partial charge in [0, 0.05) is 90.9 Å². The topological polar surface area (TPSA) is 155 Å². The number of carbonyl (C=O) groups excluding carboxylic acids is 3. The van der Waals surface area contributed by atoms with Crippen LogP contribution >= 0.6 is 11.3 Å². The number of imidazole rings is 1. The SMILES string of the molecule is CCO[C@@H]1c2nc(cs2)-c2ccc3c(c2)c(c(-c2cccnc2[C@H](C)OC)n3CC)CC(C)(C)COC(=O)[C@@H]2CCCN(N2)C(=O)[C@H]1NC(=O)[C@H]1[C@H](C)[C@@H]1c1cn(C)cn1. The molecule has 0 radical (unpaired) electrons. The summed E-state index contributed by atoms with van der Waals surface area (Å²) >= 11 is 1.40. The highest BCUT2D eigenvalue weighted by Crippen LogP contribution is 2.53. The average Bonchev–Trinajstić information content (AvgIpc) is 3.59. The Hall–Kier alpha value is -4.96. The number of rotatable bonds is 9. The van der Waals surface area contributed by atoms with E-state index in [-0.39, 0.29) is 43.0 Å². The quantitative estimate of drug-likeness (QED) is 0.157. The number of nitrogens with one attached hydrogen (secondary N) is 2. The van der Waals surface area contributed by atoms with Crippen molar-refractivity contribution in [3.63, 3.8) is 0 Å². The number of hydrazine groups is 1. The van der Waals surface area contributed by atoms with Gasteiger partial charge in [0.15, 0.2) is 0 Å². The molecule has 8 rings (SSSR count). The van der Waals surface area contributed by atoms with Gasteiger partial charge in [-0.1, -0.05) is 26.8 Å². The Balaban J connectivity index is 1.25. The van der Waals surface area contributed by atoms with Crippen LogP contribution in [0.3, 0.4) is 0 Å². The van der Waals surface area contributed by atoms with Crippen LogP contribution in [-0.2, 0) is 48.6 Å². The second kappa shape index (κ2) is 16.8. The first-order valence-electron chi connectivity index (χ1n) is 21.1. The highest BCUT2D eigenvalue weighted by atomic mass is 32.1. The number of pyridine rings is 1. The molecule has 1 aliphatic carbocycles. The van der Waals surface area contributed by atoms with E-state index in [0.29, 0.717) is 37.4 Å². The van der Waals surface area contributed by atoms with Gasteiger partial charge < -0.3 is 28.7 Å². The molecule has 14 nitrogen and oxygen atoms in total. The molecule has 2 fully saturated rings. The number of cyclic esters (lactones) is 1. The summed E-state index contributed by atoms with van der Waals surface area (Å²) in [6.45, 7) is 13.7. The molecule has 0 unspecified atom stereocenters. The van der Waals surface area contributed by atoms with Crippen LogP contribution in [0.15, 0.2) is 54.4 Å². The zero-order valence-corrected chi connectivity index (χ0v) is 36.5. The van der Waals surface area contributed by atoms with Crippen LogP contribution in [-0.4, -0.2) is 85.8 Å². The maximum atomic E-state index is 14.7. The fourth-order valence-corrected chi connectivity index (χ4v) is 10.0. The molecule has 1 saturated heterocycles. The Morgan fingerprint density at radius 1 is 1.18 bits per heavy atom. The monoisotopic (exact) mass is 836 g/mol. The Morgan fingerprint density at radius 3 is 2.73 bits per heavy atom. The zero-order chi connectivity index (χ0) is 42.5. The van der Waals surface area contributed by atoms with E-state index in [9.17, 15) is 14.4 Å². The molecule has 2 amide bonds. The van der Waals surface area contributed by atoms with Crippen molar-refractivity contribution in [1.82, 2.24) is 39.8 Å². The van der Waals surface area contributed by atoms with E-state index in [1.807, 2.05) is 50.0 Å². The molecule has 6 bridgehead atoms. The predicted molar refractivity (Wildman–Crippen MR) is 229 cm³/mol. The van der Waals surface area contributed by atoms with Crippen LogP contribution in [0.1, 0.15) is 94.5 Å². The van der Waals surface area contributed by atoms with E-state index >= 15 is 0 Å². The van der Waals surface area contributed by atoms with Gasteiger partial charge in [0.1, 0.15) is 23.2 Å². The van der Waals surface area contributed by atoms with Crippen molar-refractivity contribution < 1.29 is 28.6 Å². The highest BCUT2D eigenvalue weighted by molar-refractivity contribution is 7.10. The molecule has 15 heteroatoms. The first-order chi connectivity index (χ1) is 28.8. The first kappa shape index (κ1) is 41.8. The van der Waals surface area contributed by atoms with Crippen LogP contribution in [0.5, 0.6) is 0 Å². The van der Waals surface area contributed by atoms with Gasteiger partial charge in [-0.25, -0.2) is 15.4 Å². The number of carbonyl (C=O) groups is 3. The van der Waals surface area contributed by atoms with E-state index in [2.05, 4.69) is 65.3 Å². The molecular weight excluding hydrogens is 781 g/mol. The standard InChI is InChI=1S/C45H56N8O6S/c1-9-52-34-16-15-27-19-29(34)30(39(52)28-13-11-17-46-37(28)26(4)57-8)20-45(5,6)23-59-44(56)31-14-12-18-53(50-31)43(55)38(40(58-10-2)42-48-33(27)22-60-42)49-41(54)36-25(3)35(36)32-21-51(7)24-47-32/h11,13,15-17,19,21-22,24-26,31,35-36,38,40,50H,9-10,12,14,18,20,23H2,1-8H3,(H,49,54)/t25-,26+,31+,35-,36+,38+,40+/m1/s1. The number of hydrogen-bond acceptors (Lipinski definition) is 11. The van der Waals surface area contributed by atoms with Crippen molar-refractivity contribution in [3.8, 4) is 22.5 Å². The fraction of sp³-hybridized carbons (Fsp3) is 0.511. The van der Waals surface area contributed by atoms with Crippen LogP contribution in [0.2, 0.25) is 0 Å². The van der Waals surface area contributed by atoms with E-state index in [4.69, 9.17) is 24.2 Å². The molecule has 2 N–H and O–H groups in total. The number of nitrogens with zero attached hydrogens (tertiary/aromatic N) is 6. The summed E-state index contributed by atoms with van der Waals surface area (Å²) in [6, 6.07) is 8.59. The summed E-state index contributed by atoms with van der Waals surface area (Å²) in [5, 5.41) is 8.18. The van der Waals surface area contributed by atoms with Crippen LogP contribution in [0, 0.1) is 17.3 Å². The van der Waals surface area contributed by atoms with Gasteiger partial charge in [0.05, 0.1) is 41.8 Å². The van der Waals surface area contributed by atoms with Crippen molar-refractivity contribution in [3.05, 3.63) is 76.4 Å². The number of aromatic nitrogens is 5. The molecule has 4 aromatic heterocycles. The molecule has 0 spiro atoms. The van der Waals surface area contributed by atoms with Gasteiger partial charge in [-0.05, 0) is 75.8 Å². The fourth-order valence-electron chi connectivity index (χ4n) is 9.11. The van der Waals surface area contributed by atoms with E-state index in [0.717, 1.165) is 50.4 Å². The molecule has 1 saturated carbocycles. The normalized spacial score (nSPS) is 24.8. The molecule has 5 aromatic rings. The van der Waals surface area contributed by atoms with Gasteiger partial charge >= 0.3 is 5.97 Å². The van der Waals surface area contributed by atoms with Crippen molar-refractivity contribution in [2.75, 3.05) is 26.9 Å². The lowest BCUT2D eigenvalue weighted by atomic mass is 9.84. The molecule has 6 heterocycles. The Kier molecular flexibility index (Phi) is 11.7. The van der Waals surface area contributed by atoms with Gasteiger partial charge in [-0.15, -0.1) is 11.3 Å². The van der Waals surface area contributed by atoms with Crippen LogP contribution in [0.4, 0.5) is 0 Å². The van der Waals surface area contributed by atoms with Gasteiger partial charge in [0.2, 0.25) is 5.91 Å². The third kappa shape index (κ3) is 7.88. The maximum Gasteiger partial charge on any atom is 0.324 e. The number of ether oxygens (including phenoxy) is 3. The number of methoxy groups -OCH3 is 1. The lowest BCUT2D eigenvalue weighted by Gasteiger charge is -2.37. The van der Waals surface area contributed by atoms with E-state index in [1.54, 1.807) is 19.6 Å². The number of thiazole rings is 1. The van der Waals surface area contributed by atoms with Crippen LogP contribution < -0.4 is 10.7 Å². The third-order valence-electron chi connectivity index (χ3n) is 12.3. The van der Waals surface area contributed by atoms with Crippen molar-refractivity contribution in [2.24, 2.45) is 24.3 Å². The van der Waals surface area contributed by atoms with E-state index < -0.39 is 35.5 Å². The van der Waals surface area contributed by atoms with E-state index in [1.165, 1.54) is 16.3 Å². The summed E-state index contributed by atoms with van der Waals surface area (Å²) in [7, 11) is 3.60. The molecule has 3 aliphatic rings. The lowest BCUT2D eigenvalue weighted by molar-refractivity contribution is -0.156. The number of esters is 1. The summed E-state index contributed by atoms with van der Waals surface area (Å²) in [5.41, 5.74) is 10.2. The molecule has 1 aromatic carbocycles. The van der Waals surface area contributed by atoms with Gasteiger partial charge in [-0.2, -0.15) is 0 Å². The smallest absolute Gasteiger partial charge is 0.324 e. The summed E-state index contributed by atoms with van der Waals surface area (Å²) < 4.78 is 22.5. The predicted octanol–water partition coefficient (Wildman–Crippen LogP) is 6.52. The second-order valence-electron chi connectivity index (χ2n) is 17.2. The Bertz CT molecular complexity index is 2400. The minimum atomic E-state index is -1.13. The molecule has 60 heavy (non-hydrogen) atoms. The van der Waals surface area contributed by atoms with Gasteiger partial charge in [0.25, 0.3) is 5.91 Å². The number of aryl methyl sites for hydroxylation is 2. The van der Waals surface area contributed by atoms with Crippen molar-refractivity contribution in [2.45, 2.75) is 97.6 Å². The minimum absolute atomic E-state index is 0.0405. The first-order valence-corrected chi connectivity index (χ1v) is 21.9. The molecule has 2 aliphatic heterocycles. The number of hydrogen-bond donors (Lipinski definition) is 2. The maximum absolute atomic E-state index is 14.7.